The lowest BCUT2D eigenvalue weighted by Gasteiger charge is -2.17. The van der Waals surface area contributed by atoms with Gasteiger partial charge in [0.1, 0.15) is 25.1 Å². The lowest BCUT2D eigenvalue weighted by Crippen LogP contribution is -2.33. The molecule has 0 bridgehead atoms. The van der Waals surface area contributed by atoms with Crippen LogP contribution < -0.4 is 5.32 Å². The summed E-state index contributed by atoms with van der Waals surface area (Å²) >= 11 is 1.47. The molecule has 2 aliphatic rings. The molecule has 2 heterocycles. The van der Waals surface area contributed by atoms with Crippen molar-refractivity contribution in [3.8, 4) is 0 Å². The number of thioether (sulfide) groups is 1. The summed E-state index contributed by atoms with van der Waals surface area (Å²) in [6.45, 7) is 1.86. The average molecular weight is 521 g/mol. The summed E-state index contributed by atoms with van der Waals surface area (Å²) in [5.41, 5.74) is 1.49. The molecule has 3 aromatic rings. The highest BCUT2D eigenvalue weighted by Crippen LogP contribution is 2.44. The Labute approximate surface area is 209 Å². The van der Waals surface area contributed by atoms with Crippen molar-refractivity contribution in [2.75, 3.05) is 17.7 Å². The van der Waals surface area contributed by atoms with Gasteiger partial charge in [-0.3, -0.25) is 0 Å². The minimum atomic E-state index is -1.19. The van der Waals surface area contributed by atoms with Crippen molar-refractivity contribution in [2.24, 2.45) is 0 Å². The monoisotopic (exact) mass is 520 g/mol. The number of aldehydes is 1. The Kier molecular flexibility index (Phi) is 7.15. The number of benzene rings is 1. The van der Waals surface area contributed by atoms with E-state index in [1.807, 2.05) is 6.92 Å². The molecule has 0 aliphatic heterocycles. The number of nitrogens with one attached hydrogen (secondary N) is 1. The second kappa shape index (κ2) is 10.3. The number of ether oxygens (including phenoxy) is 1. The third-order valence-corrected chi connectivity index (χ3v) is 7.57. The van der Waals surface area contributed by atoms with Crippen LogP contribution in [-0.4, -0.2) is 78.2 Å². The fourth-order valence-electron chi connectivity index (χ4n) is 4.57. The second-order valence-electron chi connectivity index (χ2n) is 9.00. The van der Waals surface area contributed by atoms with Crippen LogP contribution in [0, 0.1) is 11.6 Å². The molecule has 0 amide bonds. The normalized spacial score (nSPS) is 27.5. The molecule has 2 aliphatic carbocycles. The molecule has 6 unspecified atom stereocenters. The van der Waals surface area contributed by atoms with E-state index in [1.165, 1.54) is 22.5 Å². The Hall–Kier alpha value is -2.74. The summed E-state index contributed by atoms with van der Waals surface area (Å²) in [7, 11) is 0. The standard InChI is InChI=1S/C23H26F2N6O4S/c1-2-7-36-23-27-21(26-15-9-12(15)11-3-4-13(24)14(25)8-11)18-22(28-23)31(30-29-18)16-10-17(35-6-5-32)20(34)19(16)33/h3-5,8,12,15-17,19-20,33-34H,2,6-7,9-10H2,1H3,(H,26,27,28). The number of fused-ring (bicyclic) bond motifs is 1. The fourth-order valence-corrected chi connectivity index (χ4v) is 5.27. The first-order chi connectivity index (χ1) is 17.4. The van der Waals surface area contributed by atoms with Gasteiger partial charge in [-0.2, -0.15) is 0 Å². The Morgan fingerprint density at radius 3 is 2.81 bits per heavy atom. The van der Waals surface area contributed by atoms with Crippen LogP contribution >= 0.6 is 11.8 Å². The summed E-state index contributed by atoms with van der Waals surface area (Å²) in [6.07, 6.45) is -0.671. The van der Waals surface area contributed by atoms with E-state index < -0.39 is 36.0 Å². The second-order valence-corrected chi connectivity index (χ2v) is 10.1. The molecule has 0 saturated heterocycles. The van der Waals surface area contributed by atoms with Gasteiger partial charge in [0.2, 0.25) is 0 Å². The van der Waals surface area contributed by atoms with Gasteiger partial charge in [-0.1, -0.05) is 30.0 Å². The van der Waals surface area contributed by atoms with E-state index in [-0.39, 0.29) is 25.0 Å². The number of rotatable bonds is 10. The molecule has 5 rings (SSSR count). The Bertz CT molecular complexity index is 1260. The van der Waals surface area contributed by atoms with Crippen molar-refractivity contribution in [1.82, 2.24) is 25.0 Å². The van der Waals surface area contributed by atoms with Crippen molar-refractivity contribution in [3.63, 3.8) is 0 Å². The molecule has 13 heteroatoms. The molecule has 2 aromatic heterocycles. The van der Waals surface area contributed by atoms with Crippen LogP contribution in [0.5, 0.6) is 0 Å². The van der Waals surface area contributed by atoms with Crippen molar-refractivity contribution in [3.05, 3.63) is 35.4 Å². The van der Waals surface area contributed by atoms with Crippen LogP contribution in [0.25, 0.3) is 11.2 Å². The van der Waals surface area contributed by atoms with E-state index in [0.29, 0.717) is 40.4 Å². The summed E-state index contributed by atoms with van der Waals surface area (Å²) in [5, 5.41) is 33.4. The van der Waals surface area contributed by atoms with E-state index in [9.17, 15) is 23.8 Å². The highest BCUT2D eigenvalue weighted by atomic mass is 32.2. The Balaban J connectivity index is 1.43. The van der Waals surface area contributed by atoms with Gasteiger partial charge in [-0.15, -0.1) is 5.10 Å². The number of halogens is 2. The number of nitrogens with zero attached hydrogens (tertiary/aromatic N) is 5. The number of aliphatic hydroxyl groups excluding tert-OH is 2. The van der Waals surface area contributed by atoms with Crippen LogP contribution in [0.4, 0.5) is 14.6 Å². The largest absolute Gasteiger partial charge is 0.388 e. The molecule has 1 aromatic carbocycles. The zero-order valence-corrected chi connectivity index (χ0v) is 20.2. The molecule has 2 fully saturated rings. The van der Waals surface area contributed by atoms with Crippen molar-refractivity contribution < 1.29 is 28.5 Å². The molecule has 10 nitrogen and oxygen atoms in total. The summed E-state index contributed by atoms with van der Waals surface area (Å²) < 4.78 is 33.9. The topological polar surface area (TPSA) is 135 Å². The number of hydrogen-bond donors (Lipinski definition) is 3. The maximum Gasteiger partial charge on any atom is 0.191 e. The van der Waals surface area contributed by atoms with Gasteiger partial charge in [0.25, 0.3) is 0 Å². The summed E-state index contributed by atoms with van der Waals surface area (Å²) in [4.78, 5) is 19.9. The minimum absolute atomic E-state index is 0.00515. The average Bonchev–Trinajstić information content (AvgIpc) is 3.41. The molecular weight excluding hydrogens is 494 g/mol. The van der Waals surface area contributed by atoms with Crippen molar-refractivity contribution in [2.45, 2.75) is 67.7 Å². The van der Waals surface area contributed by atoms with Gasteiger partial charge in [-0.25, -0.2) is 23.4 Å². The molecule has 36 heavy (non-hydrogen) atoms. The molecule has 2 saturated carbocycles. The minimum Gasteiger partial charge on any atom is -0.388 e. The maximum atomic E-state index is 13.7. The van der Waals surface area contributed by atoms with Gasteiger partial charge < -0.3 is 25.1 Å². The Morgan fingerprint density at radius 2 is 2.06 bits per heavy atom. The molecule has 0 radical (unpaired) electrons. The lowest BCUT2D eigenvalue weighted by atomic mass is 10.1. The number of aliphatic hydroxyl groups is 2. The van der Waals surface area contributed by atoms with E-state index in [4.69, 9.17) is 4.74 Å². The zero-order chi connectivity index (χ0) is 25.4. The third kappa shape index (κ3) is 4.80. The van der Waals surface area contributed by atoms with Crippen LogP contribution in [0.3, 0.4) is 0 Å². The van der Waals surface area contributed by atoms with Crippen LogP contribution in [0.2, 0.25) is 0 Å². The zero-order valence-electron chi connectivity index (χ0n) is 19.4. The van der Waals surface area contributed by atoms with E-state index >= 15 is 0 Å². The number of anilines is 1. The number of aromatic nitrogens is 5. The van der Waals surface area contributed by atoms with Gasteiger partial charge in [0.05, 0.1) is 12.1 Å². The quantitative estimate of drug-likeness (QED) is 0.207. The van der Waals surface area contributed by atoms with Crippen molar-refractivity contribution >= 4 is 35.0 Å². The smallest absolute Gasteiger partial charge is 0.191 e. The first-order valence-electron chi connectivity index (χ1n) is 11.8. The predicted octanol–water partition coefficient (Wildman–Crippen LogP) is 2.22. The first-order valence-corrected chi connectivity index (χ1v) is 12.8. The summed E-state index contributed by atoms with van der Waals surface area (Å²) in [6, 6.07) is 3.20. The summed E-state index contributed by atoms with van der Waals surface area (Å²) in [5.74, 6) is -0.513. The van der Waals surface area contributed by atoms with Crippen LogP contribution in [-0.2, 0) is 9.53 Å². The van der Waals surface area contributed by atoms with E-state index in [1.54, 1.807) is 6.07 Å². The predicted molar refractivity (Wildman–Crippen MR) is 127 cm³/mol. The maximum absolute atomic E-state index is 13.7. The van der Waals surface area contributed by atoms with Gasteiger partial charge in [0.15, 0.2) is 33.8 Å². The fraction of sp³-hybridized carbons (Fsp3) is 0.522. The third-order valence-electron chi connectivity index (χ3n) is 6.51. The molecule has 3 N–H and O–H groups in total. The van der Waals surface area contributed by atoms with Crippen molar-refractivity contribution in [1.29, 1.82) is 0 Å². The molecular formula is C23H26F2N6O4S. The number of carbonyl (C=O) groups is 1. The van der Waals surface area contributed by atoms with Gasteiger partial charge in [-0.05, 0) is 30.5 Å². The lowest BCUT2D eigenvalue weighted by molar-refractivity contribution is -0.117. The molecule has 6 atom stereocenters. The Morgan fingerprint density at radius 1 is 1.22 bits per heavy atom. The van der Waals surface area contributed by atoms with Gasteiger partial charge in [0, 0.05) is 24.1 Å². The molecule has 192 valence electrons. The molecule has 0 spiro atoms. The van der Waals surface area contributed by atoms with Crippen LogP contribution in [0.1, 0.15) is 43.7 Å². The SMILES string of the molecule is CCCSc1nc(NC2CC2c2ccc(F)c(F)c2)c2nnn(C3CC(OCC=O)C(O)C3O)c2n1. The number of carbonyl (C=O) groups excluding carboxylic acids is 1. The van der Waals surface area contributed by atoms with Gasteiger partial charge >= 0.3 is 0 Å². The highest BCUT2D eigenvalue weighted by Gasteiger charge is 2.45. The van der Waals surface area contributed by atoms with E-state index in [0.717, 1.165) is 18.2 Å². The highest BCUT2D eigenvalue weighted by molar-refractivity contribution is 7.99. The van der Waals surface area contributed by atoms with E-state index in [2.05, 4.69) is 25.6 Å². The first kappa shape index (κ1) is 24.9. The van der Waals surface area contributed by atoms with Crippen LogP contribution in [0.15, 0.2) is 23.4 Å². The number of hydrogen-bond acceptors (Lipinski definition) is 10.